The lowest BCUT2D eigenvalue weighted by Crippen LogP contribution is -2.45. The molecule has 2 heterocycles. The molecule has 2 fully saturated rings. The molecule has 3 nitrogen and oxygen atoms in total. The molecule has 2 aliphatic heterocycles. The first kappa shape index (κ1) is 11.7. The van der Waals surface area contributed by atoms with E-state index in [1.807, 2.05) is 0 Å². The number of hydrogen-bond acceptors (Lipinski definition) is 1. The molecule has 2 rings (SSSR count). The molecule has 2 aliphatic rings. The van der Waals surface area contributed by atoms with E-state index >= 15 is 0 Å². The van der Waals surface area contributed by atoms with Crippen LogP contribution >= 0.6 is 0 Å². The van der Waals surface area contributed by atoms with Crippen molar-refractivity contribution in [1.82, 2.24) is 9.80 Å². The van der Waals surface area contributed by atoms with Gasteiger partial charge in [0.1, 0.15) is 0 Å². The zero-order valence-electron chi connectivity index (χ0n) is 10.5. The van der Waals surface area contributed by atoms with Gasteiger partial charge in [-0.2, -0.15) is 0 Å². The second kappa shape index (κ2) is 5.55. The Morgan fingerprint density at radius 1 is 0.875 bits per heavy atom. The lowest BCUT2D eigenvalue weighted by atomic mass is 10.0. The molecule has 2 saturated heterocycles. The molecule has 16 heavy (non-hydrogen) atoms. The molecular weight excluding hydrogens is 200 g/mol. The molecule has 0 aromatic rings. The van der Waals surface area contributed by atoms with Gasteiger partial charge < -0.3 is 9.80 Å². The topological polar surface area (TPSA) is 23.6 Å². The monoisotopic (exact) mass is 224 g/mol. The summed E-state index contributed by atoms with van der Waals surface area (Å²) in [5.41, 5.74) is 0. The Morgan fingerprint density at radius 3 is 2.25 bits per heavy atom. The van der Waals surface area contributed by atoms with Gasteiger partial charge in [-0.1, -0.05) is 6.92 Å². The highest BCUT2D eigenvalue weighted by molar-refractivity contribution is 5.74. The van der Waals surface area contributed by atoms with E-state index in [1.54, 1.807) is 0 Å². The van der Waals surface area contributed by atoms with Crippen molar-refractivity contribution < 1.29 is 4.79 Å². The van der Waals surface area contributed by atoms with Crippen LogP contribution in [0.2, 0.25) is 0 Å². The molecule has 0 radical (unpaired) electrons. The van der Waals surface area contributed by atoms with Crippen molar-refractivity contribution in [3.8, 4) is 0 Å². The number of carbonyl (C=O) groups excluding carboxylic acids is 1. The van der Waals surface area contributed by atoms with Crippen LogP contribution < -0.4 is 0 Å². The Balaban J connectivity index is 1.87. The van der Waals surface area contributed by atoms with Gasteiger partial charge in [0, 0.05) is 26.2 Å². The number of amides is 2. The number of rotatable bonds is 0. The highest BCUT2D eigenvalue weighted by atomic mass is 16.2. The minimum atomic E-state index is 0.300. The first-order valence-corrected chi connectivity index (χ1v) is 6.81. The Morgan fingerprint density at radius 2 is 1.50 bits per heavy atom. The zero-order chi connectivity index (χ0) is 11.4. The minimum absolute atomic E-state index is 0.300. The third-order valence-electron chi connectivity index (χ3n) is 3.91. The number of piperidine rings is 1. The third kappa shape index (κ3) is 2.89. The van der Waals surface area contributed by atoms with E-state index in [-0.39, 0.29) is 0 Å². The summed E-state index contributed by atoms with van der Waals surface area (Å²) in [6.07, 6.45) is 7.32. The molecule has 0 bridgehead atoms. The van der Waals surface area contributed by atoms with E-state index in [9.17, 15) is 4.79 Å². The number of carbonyl (C=O) groups is 1. The lowest BCUT2D eigenvalue weighted by Gasteiger charge is -2.32. The number of likely N-dealkylation sites (tertiary alicyclic amines) is 2. The predicted octanol–water partition coefficient (Wildman–Crippen LogP) is 2.71. The van der Waals surface area contributed by atoms with Crippen LogP contribution in [0.3, 0.4) is 0 Å². The first-order chi connectivity index (χ1) is 7.77. The summed E-state index contributed by atoms with van der Waals surface area (Å²) in [6.45, 7) is 6.20. The first-order valence-electron chi connectivity index (χ1n) is 6.81. The minimum Gasteiger partial charge on any atom is -0.325 e. The van der Waals surface area contributed by atoms with Crippen molar-refractivity contribution >= 4 is 6.03 Å². The smallest absolute Gasteiger partial charge is 0.319 e. The summed E-state index contributed by atoms with van der Waals surface area (Å²) in [5, 5.41) is 0. The van der Waals surface area contributed by atoms with Crippen LogP contribution in [0.25, 0.3) is 0 Å². The summed E-state index contributed by atoms with van der Waals surface area (Å²) in [7, 11) is 0. The van der Waals surface area contributed by atoms with Crippen LogP contribution in [0, 0.1) is 5.92 Å². The number of urea groups is 1. The maximum atomic E-state index is 12.3. The molecule has 1 unspecified atom stereocenters. The van der Waals surface area contributed by atoms with Gasteiger partial charge in [-0.25, -0.2) is 4.79 Å². The van der Waals surface area contributed by atoms with Crippen LogP contribution in [0.1, 0.15) is 45.4 Å². The number of nitrogens with zero attached hydrogens (tertiary/aromatic N) is 2. The number of hydrogen-bond donors (Lipinski definition) is 0. The molecule has 3 heteroatoms. The maximum absolute atomic E-state index is 12.3. The van der Waals surface area contributed by atoms with Crippen molar-refractivity contribution in [2.75, 3.05) is 26.2 Å². The third-order valence-corrected chi connectivity index (χ3v) is 3.91. The average molecular weight is 224 g/mol. The fraction of sp³-hybridized carbons (Fsp3) is 0.923. The second-order valence-electron chi connectivity index (χ2n) is 5.35. The molecule has 0 saturated carbocycles. The molecule has 0 spiro atoms. The molecular formula is C13H24N2O. The standard InChI is InChI=1S/C13H24N2O/c1-12-6-5-10-15(11-7-12)13(16)14-8-3-2-4-9-14/h12H,2-11H2,1H3. The van der Waals surface area contributed by atoms with Crippen molar-refractivity contribution in [1.29, 1.82) is 0 Å². The predicted molar refractivity (Wildman–Crippen MR) is 65.4 cm³/mol. The van der Waals surface area contributed by atoms with Crippen molar-refractivity contribution in [2.24, 2.45) is 5.92 Å². The normalized spacial score (nSPS) is 27.7. The summed E-state index contributed by atoms with van der Waals surface area (Å²) in [6, 6.07) is 0.300. The SMILES string of the molecule is CC1CCCN(C(=O)N2CCCCC2)CC1. The fourth-order valence-electron chi connectivity index (χ4n) is 2.74. The molecule has 92 valence electrons. The average Bonchev–Trinajstić information content (AvgIpc) is 2.54. The van der Waals surface area contributed by atoms with Crippen LogP contribution in [0.15, 0.2) is 0 Å². The van der Waals surface area contributed by atoms with E-state index in [4.69, 9.17) is 0 Å². The van der Waals surface area contributed by atoms with E-state index in [0.29, 0.717) is 6.03 Å². The molecule has 0 aromatic carbocycles. The molecule has 0 N–H and O–H groups in total. The molecule has 2 amide bonds. The van der Waals surface area contributed by atoms with Gasteiger partial charge >= 0.3 is 6.03 Å². The Labute approximate surface area is 98.8 Å². The Kier molecular flexibility index (Phi) is 4.08. The van der Waals surface area contributed by atoms with Gasteiger partial charge in [0.15, 0.2) is 0 Å². The van der Waals surface area contributed by atoms with E-state index in [0.717, 1.165) is 32.1 Å². The van der Waals surface area contributed by atoms with Crippen molar-refractivity contribution in [3.05, 3.63) is 0 Å². The van der Waals surface area contributed by atoms with Gasteiger partial charge in [0.25, 0.3) is 0 Å². The van der Waals surface area contributed by atoms with Crippen LogP contribution in [0.4, 0.5) is 4.79 Å². The lowest BCUT2D eigenvalue weighted by molar-refractivity contribution is 0.144. The molecule has 0 aliphatic carbocycles. The highest BCUT2D eigenvalue weighted by Gasteiger charge is 2.24. The largest absolute Gasteiger partial charge is 0.325 e. The summed E-state index contributed by atoms with van der Waals surface area (Å²) < 4.78 is 0. The molecule has 1 atom stereocenters. The highest BCUT2D eigenvalue weighted by Crippen LogP contribution is 2.18. The van der Waals surface area contributed by atoms with Crippen molar-refractivity contribution in [2.45, 2.75) is 45.4 Å². The second-order valence-corrected chi connectivity index (χ2v) is 5.35. The Bertz CT molecular complexity index is 236. The maximum Gasteiger partial charge on any atom is 0.319 e. The fourth-order valence-corrected chi connectivity index (χ4v) is 2.74. The van der Waals surface area contributed by atoms with Gasteiger partial charge in [-0.3, -0.25) is 0 Å². The van der Waals surface area contributed by atoms with Crippen LogP contribution in [0.5, 0.6) is 0 Å². The zero-order valence-corrected chi connectivity index (χ0v) is 10.5. The van der Waals surface area contributed by atoms with Gasteiger partial charge in [0.2, 0.25) is 0 Å². The van der Waals surface area contributed by atoms with E-state index in [2.05, 4.69) is 16.7 Å². The summed E-state index contributed by atoms with van der Waals surface area (Å²) in [5.74, 6) is 0.791. The van der Waals surface area contributed by atoms with E-state index in [1.165, 1.54) is 38.5 Å². The Hall–Kier alpha value is -0.730. The van der Waals surface area contributed by atoms with Crippen molar-refractivity contribution in [3.63, 3.8) is 0 Å². The van der Waals surface area contributed by atoms with E-state index < -0.39 is 0 Å². The van der Waals surface area contributed by atoms with Gasteiger partial charge in [-0.05, 0) is 44.4 Å². The van der Waals surface area contributed by atoms with Gasteiger partial charge in [-0.15, -0.1) is 0 Å². The summed E-state index contributed by atoms with van der Waals surface area (Å²) in [4.78, 5) is 16.4. The van der Waals surface area contributed by atoms with Crippen LogP contribution in [-0.4, -0.2) is 42.0 Å². The van der Waals surface area contributed by atoms with Crippen LogP contribution in [-0.2, 0) is 0 Å². The molecule has 0 aromatic heterocycles. The summed E-state index contributed by atoms with van der Waals surface area (Å²) >= 11 is 0. The quantitative estimate of drug-likeness (QED) is 0.620. The van der Waals surface area contributed by atoms with Gasteiger partial charge in [0.05, 0.1) is 0 Å².